The molecule has 0 spiro atoms. The predicted molar refractivity (Wildman–Crippen MR) is 87.2 cm³/mol. The fourth-order valence-electron chi connectivity index (χ4n) is 2.85. The van der Waals surface area contributed by atoms with Crippen LogP contribution < -0.4 is 0 Å². The summed E-state index contributed by atoms with van der Waals surface area (Å²) in [5, 5.41) is 19.2. The molecule has 2 aromatic rings. The van der Waals surface area contributed by atoms with Gasteiger partial charge in [0.25, 0.3) is 0 Å². The van der Waals surface area contributed by atoms with Crippen molar-refractivity contribution in [1.29, 1.82) is 0 Å². The first-order valence-electron chi connectivity index (χ1n) is 7.82. The van der Waals surface area contributed by atoms with E-state index in [0.717, 1.165) is 24.5 Å². The molecule has 7 heteroatoms. The maximum atomic E-state index is 10.4. The number of aliphatic hydroxyl groups is 1. The van der Waals surface area contributed by atoms with E-state index in [4.69, 9.17) is 16.3 Å². The Morgan fingerprint density at radius 3 is 3.13 bits per heavy atom. The third kappa shape index (κ3) is 3.90. The summed E-state index contributed by atoms with van der Waals surface area (Å²) in [6.45, 7) is 5.50. The molecule has 0 bridgehead atoms. The SMILES string of the molecule is CCn1cnnc1[C@H]1CN(C[C@@H](O)c2cccc(Cl)c2)CCO1. The smallest absolute Gasteiger partial charge is 0.163 e. The minimum absolute atomic E-state index is 0.113. The zero-order valence-corrected chi connectivity index (χ0v) is 13.9. The summed E-state index contributed by atoms with van der Waals surface area (Å²) in [5.74, 6) is 0.842. The van der Waals surface area contributed by atoms with E-state index in [2.05, 4.69) is 22.0 Å². The highest BCUT2D eigenvalue weighted by Gasteiger charge is 2.27. The van der Waals surface area contributed by atoms with Gasteiger partial charge in [-0.1, -0.05) is 23.7 Å². The molecule has 1 N–H and O–H groups in total. The molecule has 1 aliphatic rings. The van der Waals surface area contributed by atoms with Crippen LogP contribution in [0.5, 0.6) is 0 Å². The summed E-state index contributed by atoms with van der Waals surface area (Å²) in [7, 11) is 0. The van der Waals surface area contributed by atoms with Gasteiger partial charge >= 0.3 is 0 Å². The van der Waals surface area contributed by atoms with Crippen molar-refractivity contribution in [2.75, 3.05) is 26.2 Å². The first-order valence-corrected chi connectivity index (χ1v) is 8.20. The lowest BCUT2D eigenvalue weighted by atomic mass is 10.1. The molecule has 1 saturated heterocycles. The van der Waals surface area contributed by atoms with E-state index in [0.29, 0.717) is 24.7 Å². The van der Waals surface area contributed by atoms with Gasteiger partial charge in [-0.2, -0.15) is 0 Å². The molecule has 0 amide bonds. The number of rotatable bonds is 5. The highest BCUT2D eigenvalue weighted by molar-refractivity contribution is 6.30. The van der Waals surface area contributed by atoms with Gasteiger partial charge in [-0.25, -0.2) is 0 Å². The summed E-state index contributed by atoms with van der Waals surface area (Å²) < 4.78 is 7.82. The number of hydrogen-bond donors (Lipinski definition) is 1. The fraction of sp³-hybridized carbons (Fsp3) is 0.500. The number of nitrogens with zero attached hydrogens (tertiary/aromatic N) is 4. The van der Waals surface area contributed by atoms with Crippen molar-refractivity contribution >= 4 is 11.6 Å². The molecular weight excluding hydrogens is 316 g/mol. The maximum absolute atomic E-state index is 10.4. The van der Waals surface area contributed by atoms with Gasteiger partial charge in [0.15, 0.2) is 5.82 Å². The lowest BCUT2D eigenvalue weighted by molar-refractivity contribution is -0.0476. The van der Waals surface area contributed by atoms with Gasteiger partial charge in [-0.15, -0.1) is 10.2 Å². The molecule has 23 heavy (non-hydrogen) atoms. The average Bonchev–Trinajstić information content (AvgIpc) is 3.04. The second kappa shape index (κ2) is 7.40. The van der Waals surface area contributed by atoms with Crippen molar-refractivity contribution < 1.29 is 9.84 Å². The molecule has 3 rings (SSSR count). The Bertz CT molecular complexity index is 649. The molecule has 1 fully saturated rings. The van der Waals surface area contributed by atoms with Crippen molar-refractivity contribution in [2.45, 2.75) is 25.7 Å². The number of aryl methyl sites for hydroxylation is 1. The fourth-order valence-corrected chi connectivity index (χ4v) is 3.04. The second-order valence-corrected chi connectivity index (χ2v) is 6.10. The number of β-amino-alcohol motifs (C(OH)–C–C–N with tert-alkyl or cyclic N) is 1. The highest BCUT2D eigenvalue weighted by Crippen LogP contribution is 2.23. The molecule has 0 aliphatic carbocycles. The Morgan fingerprint density at radius 2 is 2.35 bits per heavy atom. The molecule has 2 atom stereocenters. The van der Waals surface area contributed by atoms with Crippen LogP contribution in [0.25, 0.3) is 0 Å². The lowest BCUT2D eigenvalue weighted by Gasteiger charge is -2.33. The monoisotopic (exact) mass is 336 g/mol. The average molecular weight is 337 g/mol. The van der Waals surface area contributed by atoms with Crippen molar-refractivity contribution in [3.8, 4) is 0 Å². The summed E-state index contributed by atoms with van der Waals surface area (Å²) in [5.41, 5.74) is 0.831. The molecule has 0 saturated carbocycles. The molecular formula is C16H21ClN4O2. The van der Waals surface area contributed by atoms with Gasteiger partial charge < -0.3 is 14.4 Å². The normalized spacial score (nSPS) is 20.6. The number of ether oxygens (including phenoxy) is 1. The Balaban J connectivity index is 1.65. The van der Waals surface area contributed by atoms with Gasteiger partial charge in [-0.3, -0.25) is 4.90 Å². The molecule has 1 aromatic heterocycles. The maximum Gasteiger partial charge on any atom is 0.163 e. The quantitative estimate of drug-likeness (QED) is 0.905. The molecule has 124 valence electrons. The first kappa shape index (κ1) is 16.4. The van der Waals surface area contributed by atoms with Crippen LogP contribution in [-0.4, -0.2) is 51.0 Å². The molecule has 1 aliphatic heterocycles. The van der Waals surface area contributed by atoms with E-state index in [-0.39, 0.29) is 6.10 Å². The summed E-state index contributed by atoms with van der Waals surface area (Å²) in [6, 6.07) is 7.35. The van der Waals surface area contributed by atoms with Crippen LogP contribution in [0.1, 0.15) is 30.5 Å². The number of aromatic nitrogens is 3. The van der Waals surface area contributed by atoms with E-state index in [1.165, 1.54) is 0 Å². The number of benzene rings is 1. The van der Waals surface area contributed by atoms with Crippen LogP contribution in [0.2, 0.25) is 5.02 Å². The van der Waals surface area contributed by atoms with Gasteiger partial charge in [0, 0.05) is 31.2 Å². The standard InChI is InChI=1S/C16H21ClN4O2/c1-2-21-11-18-19-16(21)15-10-20(6-7-23-15)9-14(22)12-4-3-5-13(17)8-12/h3-5,8,11,14-15,22H,2,6-7,9-10H2,1H3/t14-,15-/m1/s1. The van der Waals surface area contributed by atoms with Crippen LogP contribution in [0.3, 0.4) is 0 Å². The van der Waals surface area contributed by atoms with E-state index in [1.807, 2.05) is 16.7 Å². The van der Waals surface area contributed by atoms with Crippen LogP contribution in [0.4, 0.5) is 0 Å². The van der Waals surface area contributed by atoms with Gasteiger partial charge in [0.1, 0.15) is 12.4 Å². The summed E-state index contributed by atoms with van der Waals surface area (Å²) in [4.78, 5) is 2.19. The van der Waals surface area contributed by atoms with Crippen molar-refractivity contribution in [3.63, 3.8) is 0 Å². The van der Waals surface area contributed by atoms with Crippen LogP contribution >= 0.6 is 11.6 Å². The van der Waals surface area contributed by atoms with Crippen molar-refractivity contribution in [2.24, 2.45) is 0 Å². The lowest BCUT2D eigenvalue weighted by Crippen LogP contribution is -2.41. The molecule has 0 unspecified atom stereocenters. The Kier molecular flexibility index (Phi) is 5.27. The van der Waals surface area contributed by atoms with E-state index in [1.54, 1.807) is 18.5 Å². The van der Waals surface area contributed by atoms with Crippen LogP contribution in [-0.2, 0) is 11.3 Å². The first-order chi connectivity index (χ1) is 11.2. The van der Waals surface area contributed by atoms with E-state index < -0.39 is 6.10 Å². The number of halogens is 1. The number of hydrogen-bond acceptors (Lipinski definition) is 5. The minimum Gasteiger partial charge on any atom is -0.387 e. The molecule has 6 nitrogen and oxygen atoms in total. The van der Waals surface area contributed by atoms with Crippen molar-refractivity contribution in [1.82, 2.24) is 19.7 Å². The third-order valence-corrected chi connectivity index (χ3v) is 4.32. The van der Waals surface area contributed by atoms with Crippen LogP contribution in [0.15, 0.2) is 30.6 Å². The predicted octanol–water partition coefficient (Wildman–Crippen LogP) is 2.06. The number of morpholine rings is 1. The van der Waals surface area contributed by atoms with Gasteiger partial charge in [0.2, 0.25) is 0 Å². The van der Waals surface area contributed by atoms with Gasteiger partial charge in [0.05, 0.1) is 12.7 Å². The largest absolute Gasteiger partial charge is 0.387 e. The number of aliphatic hydroxyl groups excluding tert-OH is 1. The Morgan fingerprint density at radius 1 is 1.48 bits per heavy atom. The minimum atomic E-state index is -0.573. The molecule has 1 aromatic carbocycles. The van der Waals surface area contributed by atoms with Gasteiger partial charge in [-0.05, 0) is 24.6 Å². The Hall–Kier alpha value is -1.47. The molecule has 2 heterocycles. The molecule has 0 radical (unpaired) electrons. The highest BCUT2D eigenvalue weighted by atomic mass is 35.5. The zero-order valence-electron chi connectivity index (χ0n) is 13.1. The third-order valence-electron chi connectivity index (χ3n) is 4.09. The van der Waals surface area contributed by atoms with Crippen molar-refractivity contribution in [3.05, 3.63) is 47.0 Å². The topological polar surface area (TPSA) is 63.4 Å². The van der Waals surface area contributed by atoms with Crippen LogP contribution in [0, 0.1) is 0 Å². The summed E-state index contributed by atoms with van der Waals surface area (Å²) >= 11 is 5.99. The second-order valence-electron chi connectivity index (χ2n) is 5.66. The zero-order chi connectivity index (χ0) is 16.2. The van der Waals surface area contributed by atoms with E-state index in [9.17, 15) is 5.11 Å². The Labute approximate surface area is 140 Å². The van der Waals surface area contributed by atoms with E-state index >= 15 is 0 Å². The summed E-state index contributed by atoms with van der Waals surface area (Å²) in [6.07, 6.45) is 1.03.